The number of halogens is 1. The van der Waals surface area contributed by atoms with Crippen LogP contribution in [0.5, 0.6) is 0 Å². The summed E-state index contributed by atoms with van der Waals surface area (Å²) in [7, 11) is 0. The second-order valence-corrected chi connectivity index (χ2v) is 4.45. The SMILES string of the molecule is CC(C)N(CCC#N)c1ccc(Cl)cc1C=O. The van der Waals surface area contributed by atoms with Gasteiger partial charge < -0.3 is 4.90 Å². The molecule has 0 N–H and O–H groups in total. The van der Waals surface area contributed by atoms with E-state index in [0.29, 0.717) is 23.6 Å². The molecule has 0 aliphatic carbocycles. The molecule has 0 amide bonds. The van der Waals surface area contributed by atoms with Crippen LogP contribution in [0.3, 0.4) is 0 Å². The van der Waals surface area contributed by atoms with Crippen LogP contribution in [0.1, 0.15) is 30.6 Å². The Balaban J connectivity index is 3.09. The van der Waals surface area contributed by atoms with Crippen molar-refractivity contribution in [1.82, 2.24) is 0 Å². The molecule has 0 heterocycles. The van der Waals surface area contributed by atoms with Gasteiger partial charge in [-0.1, -0.05) is 11.6 Å². The molecule has 17 heavy (non-hydrogen) atoms. The number of rotatable bonds is 5. The van der Waals surface area contributed by atoms with Gasteiger partial charge in [-0.25, -0.2) is 0 Å². The standard InChI is InChI=1S/C13H15ClN2O/c1-10(2)16(7-3-6-15)13-5-4-12(14)8-11(13)9-17/h4-5,8-10H,3,7H2,1-2H3. The largest absolute Gasteiger partial charge is 0.367 e. The van der Waals surface area contributed by atoms with Crippen molar-refractivity contribution in [3.63, 3.8) is 0 Å². The van der Waals surface area contributed by atoms with Crippen LogP contribution in [0, 0.1) is 11.3 Å². The van der Waals surface area contributed by atoms with Crippen molar-refractivity contribution in [3.8, 4) is 6.07 Å². The van der Waals surface area contributed by atoms with Crippen molar-refractivity contribution < 1.29 is 4.79 Å². The highest BCUT2D eigenvalue weighted by Gasteiger charge is 2.14. The molecule has 0 fully saturated rings. The zero-order valence-corrected chi connectivity index (χ0v) is 10.7. The molecule has 3 nitrogen and oxygen atoms in total. The van der Waals surface area contributed by atoms with Gasteiger partial charge in [0.1, 0.15) is 0 Å². The lowest BCUT2D eigenvalue weighted by Gasteiger charge is -2.29. The highest BCUT2D eigenvalue weighted by molar-refractivity contribution is 6.31. The highest BCUT2D eigenvalue weighted by Crippen LogP contribution is 2.24. The molecular formula is C13H15ClN2O. The summed E-state index contributed by atoms with van der Waals surface area (Å²) in [6.45, 7) is 4.66. The van der Waals surface area contributed by atoms with Gasteiger partial charge in [0.05, 0.1) is 12.5 Å². The van der Waals surface area contributed by atoms with E-state index in [1.165, 1.54) is 0 Å². The minimum atomic E-state index is 0.225. The molecule has 0 spiro atoms. The summed E-state index contributed by atoms with van der Waals surface area (Å²) in [6.07, 6.45) is 1.22. The number of carbonyl (C=O) groups is 1. The third-order valence-electron chi connectivity index (χ3n) is 2.51. The predicted molar refractivity (Wildman–Crippen MR) is 69.6 cm³/mol. The minimum Gasteiger partial charge on any atom is -0.367 e. The average molecular weight is 251 g/mol. The van der Waals surface area contributed by atoms with E-state index < -0.39 is 0 Å². The zero-order chi connectivity index (χ0) is 12.8. The van der Waals surface area contributed by atoms with Crippen LogP contribution < -0.4 is 4.90 Å². The maximum Gasteiger partial charge on any atom is 0.152 e. The summed E-state index contributed by atoms with van der Waals surface area (Å²) in [6, 6.07) is 7.56. The number of benzene rings is 1. The van der Waals surface area contributed by atoms with Gasteiger partial charge in [0.2, 0.25) is 0 Å². The topological polar surface area (TPSA) is 44.1 Å². The molecule has 0 aliphatic heterocycles. The molecule has 0 atom stereocenters. The number of aldehydes is 1. The number of anilines is 1. The second-order valence-electron chi connectivity index (χ2n) is 4.02. The summed E-state index contributed by atoms with van der Waals surface area (Å²) in [5.41, 5.74) is 1.39. The fourth-order valence-electron chi connectivity index (χ4n) is 1.71. The third-order valence-corrected chi connectivity index (χ3v) is 2.75. The number of carbonyl (C=O) groups excluding carboxylic acids is 1. The van der Waals surface area contributed by atoms with Crippen molar-refractivity contribution in [1.29, 1.82) is 5.26 Å². The molecule has 1 aromatic rings. The molecule has 90 valence electrons. The first kappa shape index (κ1) is 13.5. The van der Waals surface area contributed by atoms with Crippen LogP contribution in [-0.4, -0.2) is 18.9 Å². The fourth-order valence-corrected chi connectivity index (χ4v) is 1.89. The molecule has 0 aromatic heterocycles. The van der Waals surface area contributed by atoms with Gasteiger partial charge in [0.25, 0.3) is 0 Å². The monoisotopic (exact) mass is 250 g/mol. The maximum absolute atomic E-state index is 11.0. The Labute approximate surface area is 107 Å². The van der Waals surface area contributed by atoms with Gasteiger partial charge in [0.15, 0.2) is 6.29 Å². The Bertz CT molecular complexity index is 438. The Kier molecular flexibility index (Phi) is 4.99. The lowest BCUT2D eigenvalue weighted by atomic mass is 10.1. The van der Waals surface area contributed by atoms with E-state index in [0.717, 1.165) is 12.0 Å². The number of nitrogens with zero attached hydrogens (tertiary/aromatic N) is 2. The molecule has 1 rings (SSSR count). The van der Waals surface area contributed by atoms with Crippen molar-refractivity contribution in [2.45, 2.75) is 26.3 Å². The third kappa shape index (κ3) is 3.47. The molecular weight excluding hydrogens is 236 g/mol. The summed E-state index contributed by atoms with van der Waals surface area (Å²) in [5.74, 6) is 0. The smallest absolute Gasteiger partial charge is 0.152 e. The molecule has 1 aromatic carbocycles. The van der Waals surface area contributed by atoms with Crippen molar-refractivity contribution in [2.24, 2.45) is 0 Å². The average Bonchev–Trinajstić information content (AvgIpc) is 2.30. The molecule has 0 aliphatic rings. The van der Waals surface area contributed by atoms with Crippen LogP contribution >= 0.6 is 11.6 Å². The molecule has 0 radical (unpaired) electrons. The van der Waals surface area contributed by atoms with Gasteiger partial charge >= 0.3 is 0 Å². The summed E-state index contributed by atoms with van der Waals surface area (Å²) >= 11 is 5.85. The van der Waals surface area contributed by atoms with E-state index in [-0.39, 0.29) is 6.04 Å². The van der Waals surface area contributed by atoms with Gasteiger partial charge in [-0.3, -0.25) is 4.79 Å². The first-order valence-corrected chi connectivity index (χ1v) is 5.86. The number of nitriles is 1. The Morgan fingerprint density at radius 1 is 1.53 bits per heavy atom. The van der Waals surface area contributed by atoms with E-state index >= 15 is 0 Å². The van der Waals surface area contributed by atoms with Crippen LogP contribution in [0.4, 0.5) is 5.69 Å². The van der Waals surface area contributed by atoms with Crippen molar-refractivity contribution in [3.05, 3.63) is 28.8 Å². The van der Waals surface area contributed by atoms with Crippen LogP contribution in [-0.2, 0) is 0 Å². The van der Waals surface area contributed by atoms with E-state index in [1.807, 2.05) is 24.8 Å². The van der Waals surface area contributed by atoms with E-state index in [4.69, 9.17) is 16.9 Å². The van der Waals surface area contributed by atoms with E-state index in [9.17, 15) is 4.79 Å². The van der Waals surface area contributed by atoms with Crippen molar-refractivity contribution >= 4 is 23.6 Å². The molecule has 0 unspecified atom stereocenters. The molecule has 4 heteroatoms. The van der Waals surface area contributed by atoms with Crippen LogP contribution in [0.25, 0.3) is 0 Å². The number of hydrogen-bond donors (Lipinski definition) is 0. The molecule has 0 saturated carbocycles. The van der Waals surface area contributed by atoms with Gasteiger partial charge in [-0.2, -0.15) is 5.26 Å². The first-order valence-electron chi connectivity index (χ1n) is 5.48. The lowest BCUT2D eigenvalue weighted by Crippen LogP contribution is -2.32. The summed E-state index contributed by atoms with van der Waals surface area (Å²) < 4.78 is 0. The summed E-state index contributed by atoms with van der Waals surface area (Å²) in [5, 5.41) is 9.19. The molecule has 0 saturated heterocycles. The van der Waals surface area contributed by atoms with Crippen LogP contribution in [0.15, 0.2) is 18.2 Å². The first-order chi connectivity index (χ1) is 8.10. The van der Waals surface area contributed by atoms with E-state index in [2.05, 4.69) is 6.07 Å². The lowest BCUT2D eigenvalue weighted by molar-refractivity contribution is 0.112. The van der Waals surface area contributed by atoms with Gasteiger partial charge in [0, 0.05) is 28.9 Å². The Hall–Kier alpha value is -1.53. The Morgan fingerprint density at radius 2 is 2.24 bits per heavy atom. The Morgan fingerprint density at radius 3 is 2.76 bits per heavy atom. The highest BCUT2D eigenvalue weighted by atomic mass is 35.5. The fraction of sp³-hybridized carbons (Fsp3) is 0.385. The maximum atomic E-state index is 11.0. The molecule has 0 bridgehead atoms. The normalized spacial score (nSPS) is 10.1. The van der Waals surface area contributed by atoms with Crippen molar-refractivity contribution in [2.75, 3.05) is 11.4 Å². The second kappa shape index (κ2) is 6.27. The quantitative estimate of drug-likeness (QED) is 0.754. The number of hydrogen-bond acceptors (Lipinski definition) is 3. The van der Waals surface area contributed by atoms with Gasteiger partial charge in [-0.15, -0.1) is 0 Å². The zero-order valence-electron chi connectivity index (χ0n) is 9.98. The van der Waals surface area contributed by atoms with Gasteiger partial charge in [-0.05, 0) is 32.0 Å². The predicted octanol–water partition coefficient (Wildman–Crippen LogP) is 3.28. The van der Waals surface area contributed by atoms with E-state index in [1.54, 1.807) is 12.1 Å². The minimum absolute atomic E-state index is 0.225. The van der Waals surface area contributed by atoms with Crippen LogP contribution in [0.2, 0.25) is 5.02 Å². The summed E-state index contributed by atoms with van der Waals surface area (Å²) in [4.78, 5) is 13.1.